The maximum Gasteiger partial charge on any atom is 0.158 e. The van der Waals surface area contributed by atoms with Crippen LogP contribution in [-0.4, -0.2) is 62.8 Å². The second-order valence-electron chi connectivity index (χ2n) is 9.87. The van der Waals surface area contributed by atoms with E-state index in [0.29, 0.717) is 19.6 Å². The van der Waals surface area contributed by atoms with Gasteiger partial charge in [0.25, 0.3) is 0 Å². The van der Waals surface area contributed by atoms with Gasteiger partial charge in [-0.25, -0.2) is 0 Å². The number of hydrogen-bond donors (Lipinski definition) is 4. The van der Waals surface area contributed by atoms with E-state index in [-0.39, 0.29) is 33.2 Å². The van der Waals surface area contributed by atoms with Gasteiger partial charge in [0, 0.05) is 13.6 Å². The van der Waals surface area contributed by atoms with Crippen LogP contribution < -0.4 is 48.1 Å². The number of halogens is 1. The molecule has 3 heterocycles. The summed E-state index contributed by atoms with van der Waals surface area (Å²) in [4.78, 5) is 22.7. The fourth-order valence-electron chi connectivity index (χ4n) is 4.43. The van der Waals surface area contributed by atoms with Gasteiger partial charge in [-0.15, -0.1) is 6.58 Å². The summed E-state index contributed by atoms with van der Waals surface area (Å²) in [5, 5.41) is 17.7. The van der Waals surface area contributed by atoms with Crippen molar-refractivity contribution in [1.82, 2.24) is 16.0 Å². The van der Waals surface area contributed by atoms with Crippen molar-refractivity contribution >= 4 is 37.6 Å². The number of carbonyl (C=O) groups is 2. The van der Waals surface area contributed by atoms with Gasteiger partial charge in [0.15, 0.2) is 7.28 Å². The number of hydrogen-bond acceptors (Lipinski definition) is 5. The van der Waals surface area contributed by atoms with Crippen molar-refractivity contribution in [2.45, 2.75) is 58.5 Å². The molecule has 212 valence electrons. The van der Waals surface area contributed by atoms with Crippen LogP contribution in [0.3, 0.4) is 0 Å². The molecule has 1 atom stereocenters. The van der Waals surface area contributed by atoms with E-state index in [1.165, 1.54) is 29.2 Å². The zero-order valence-corrected chi connectivity index (χ0v) is 26.0. The first-order chi connectivity index (χ1) is 18.8. The van der Waals surface area contributed by atoms with Crippen molar-refractivity contribution in [2.75, 3.05) is 25.1 Å². The number of rotatable bonds is 6. The van der Waals surface area contributed by atoms with Crippen molar-refractivity contribution in [2.24, 2.45) is 0 Å². The molecular formula is C29H43B2IN3O4-. The van der Waals surface area contributed by atoms with Crippen molar-refractivity contribution in [3.63, 3.8) is 0 Å². The smallest absolute Gasteiger partial charge is 0.0811 e. The predicted molar refractivity (Wildman–Crippen MR) is 159 cm³/mol. The molecule has 39 heavy (non-hydrogen) atoms. The van der Waals surface area contributed by atoms with Gasteiger partial charge in [-0.05, 0) is 46.1 Å². The Labute approximate surface area is 245 Å². The summed E-state index contributed by atoms with van der Waals surface area (Å²) in [6.07, 6.45) is 6.24. The van der Waals surface area contributed by atoms with Crippen LogP contribution in [0.2, 0.25) is 6.32 Å². The summed E-state index contributed by atoms with van der Waals surface area (Å²) >= 11 is 0.115. The maximum atomic E-state index is 11.4. The fourth-order valence-corrected chi connectivity index (χ4v) is 5.62. The van der Waals surface area contributed by atoms with Crippen LogP contribution in [0.1, 0.15) is 42.9 Å². The van der Waals surface area contributed by atoms with Crippen molar-refractivity contribution in [3.05, 3.63) is 68.8 Å². The standard InChI is InChI=1S/C10H18N2O.C9H11B.C8H9BIO2.C2H5NO/c1-8(2)5-7-12-10(13)9-4-3-6-11-9;1-7-2-3-8-4-5-10-9(8)6-7;1-10-7-3-2-6-5-12-9(11)8(6)4-7;1-3-2-4/h9,11H,1,3-7H2,2H3,(H,12,13);2-3,6,10H,4-5H2,1H3;2-4,11H,5H2,1H3;2H,1H3,(H,3,4)/q;;-1;. The molecule has 0 radical (unpaired) electrons. The van der Waals surface area contributed by atoms with Gasteiger partial charge in [0.05, 0.1) is 6.04 Å². The number of amides is 2. The maximum absolute atomic E-state index is 11.4. The first kappa shape index (κ1) is 33.1. The Kier molecular flexibility index (Phi) is 15.5. The molecule has 10 heteroatoms. The number of carbonyl (C=O) groups excluding carboxylic acids is 2. The van der Waals surface area contributed by atoms with Crippen LogP contribution in [0.15, 0.2) is 48.6 Å². The molecule has 0 saturated carbocycles. The minimum atomic E-state index is -0.685. The molecule has 5 rings (SSSR count). The van der Waals surface area contributed by atoms with E-state index in [2.05, 4.69) is 70.8 Å². The van der Waals surface area contributed by atoms with Crippen LogP contribution in [0, 0.1) is 10.5 Å². The molecule has 2 amide bonds. The van der Waals surface area contributed by atoms with Gasteiger partial charge in [-0.3, -0.25) is 9.59 Å². The first-order valence-electron chi connectivity index (χ1n) is 13.6. The average molecular weight is 646 g/mol. The van der Waals surface area contributed by atoms with Crippen molar-refractivity contribution in [1.29, 1.82) is 0 Å². The third kappa shape index (κ3) is 11.9. The van der Waals surface area contributed by atoms with E-state index >= 15 is 0 Å². The van der Waals surface area contributed by atoms with Gasteiger partial charge in [-0.1, -0.05) is 46.7 Å². The molecule has 7 nitrogen and oxygen atoms in total. The van der Waals surface area contributed by atoms with Gasteiger partial charge in [-0.2, -0.15) is 0 Å². The number of fused-ring (bicyclic) bond motifs is 2. The molecule has 0 aliphatic carbocycles. The second kappa shape index (κ2) is 18.3. The van der Waals surface area contributed by atoms with E-state index < -0.39 is 7.12 Å². The molecule has 0 spiro atoms. The second-order valence-corrected chi connectivity index (χ2v) is 12.2. The summed E-state index contributed by atoms with van der Waals surface area (Å²) in [5.74, 6) is 0.138. The Bertz CT molecular complexity index is 1080. The molecule has 4 N–H and O–H groups in total. The van der Waals surface area contributed by atoms with E-state index in [4.69, 9.17) is 9.45 Å². The van der Waals surface area contributed by atoms with Gasteiger partial charge < -0.3 is 16.0 Å². The van der Waals surface area contributed by atoms with Crippen molar-refractivity contribution in [3.8, 4) is 0 Å². The molecule has 0 bridgehead atoms. The normalized spacial score (nSPS) is 16.1. The molecule has 1 fully saturated rings. The molecular weight excluding hydrogens is 603 g/mol. The van der Waals surface area contributed by atoms with Crippen LogP contribution in [0.5, 0.6) is 0 Å². The SMILES string of the molecule is C=C(C)CCNC(=O)C1CCCN1.CNC=O.C[I-]c1ccc2c(c1)B(O)OC2.Cc1ccc2c(c1)BCC2. The van der Waals surface area contributed by atoms with Crippen LogP contribution >= 0.6 is 0 Å². The van der Waals surface area contributed by atoms with E-state index in [0.717, 1.165) is 42.4 Å². The number of nitrogens with one attached hydrogen (secondary N) is 3. The predicted octanol–water partition coefficient (Wildman–Crippen LogP) is -1.99. The van der Waals surface area contributed by atoms with E-state index in [1.54, 1.807) is 18.1 Å². The molecule has 2 aromatic carbocycles. The summed E-state index contributed by atoms with van der Waals surface area (Å²) in [7, 11) is 2.18. The van der Waals surface area contributed by atoms with Gasteiger partial charge >= 0.3 is 82.3 Å². The molecule has 3 aliphatic rings. The third-order valence-electron chi connectivity index (χ3n) is 6.59. The molecule has 2 aromatic rings. The molecule has 0 aromatic heterocycles. The first-order valence-corrected chi connectivity index (χ1v) is 16.8. The van der Waals surface area contributed by atoms with E-state index in [9.17, 15) is 9.82 Å². The van der Waals surface area contributed by atoms with Gasteiger partial charge in [0.1, 0.15) is 0 Å². The topological polar surface area (TPSA) is 99.7 Å². The Hall–Kier alpha value is -2.14. The average Bonchev–Trinajstić information content (AvgIpc) is 3.71. The Balaban J connectivity index is 0.000000193. The summed E-state index contributed by atoms with van der Waals surface area (Å²) in [5.41, 5.74) is 7.77. The Morgan fingerprint density at radius 1 is 1.31 bits per heavy atom. The number of alkyl halides is 1. The largest absolute Gasteiger partial charge is 0.158 e. The molecule has 1 saturated heterocycles. The Morgan fingerprint density at radius 2 is 2.05 bits per heavy atom. The summed E-state index contributed by atoms with van der Waals surface area (Å²) in [6.45, 7) is 10.2. The zero-order chi connectivity index (χ0) is 28.6. The van der Waals surface area contributed by atoms with Crippen molar-refractivity contribution < 1.29 is 40.5 Å². The number of benzene rings is 2. The monoisotopic (exact) mass is 646 g/mol. The summed E-state index contributed by atoms with van der Waals surface area (Å²) in [6, 6.07) is 13.1. The van der Waals surface area contributed by atoms with Crippen LogP contribution in [0.4, 0.5) is 0 Å². The zero-order valence-electron chi connectivity index (χ0n) is 23.8. The van der Waals surface area contributed by atoms with Gasteiger partial charge in [0.2, 0.25) is 12.3 Å². The van der Waals surface area contributed by atoms with Crippen LogP contribution in [0.25, 0.3) is 0 Å². The number of aryl methyl sites for hydroxylation is 2. The molecule has 1 unspecified atom stereocenters. The van der Waals surface area contributed by atoms with E-state index in [1.807, 2.05) is 6.92 Å². The van der Waals surface area contributed by atoms with Crippen LogP contribution in [-0.2, 0) is 27.3 Å². The minimum Gasteiger partial charge on any atom is -0.0811 e. The Morgan fingerprint density at radius 3 is 2.69 bits per heavy atom. The minimum absolute atomic E-state index is 0.0464. The molecule has 3 aliphatic heterocycles. The summed E-state index contributed by atoms with van der Waals surface area (Å²) < 4.78 is 6.45. The quantitative estimate of drug-likeness (QED) is 0.0959. The third-order valence-corrected chi connectivity index (χ3v) is 8.51. The fraction of sp³-hybridized carbons (Fsp3) is 0.448.